The van der Waals surface area contributed by atoms with Crippen LogP contribution in [-0.2, 0) is 0 Å². The molecular weight excluding hydrogens is 278 g/mol. The van der Waals surface area contributed by atoms with E-state index in [-0.39, 0.29) is 5.63 Å². The third-order valence-corrected chi connectivity index (χ3v) is 4.75. The van der Waals surface area contributed by atoms with E-state index < -0.39 is 0 Å². The molecule has 3 rings (SSSR count). The number of likely N-dealkylation sites (tertiary alicyclic amines) is 1. The zero-order valence-electron chi connectivity index (χ0n) is 13.5. The van der Waals surface area contributed by atoms with Crippen LogP contribution in [0.5, 0.6) is 5.75 Å². The molecule has 4 heteroatoms. The fourth-order valence-electron chi connectivity index (χ4n) is 2.96. The molecule has 1 aliphatic rings. The van der Waals surface area contributed by atoms with Gasteiger partial charge in [-0.2, -0.15) is 0 Å². The molecular formula is C18H23NO3. The van der Waals surface area contributed by atoms with Crippen LogP contribution in [-0.4, -0.2) is 31.6 Å². The molecule has 0 amide bonds. The van der Waals surface area contributed by atoms with Crippen molar-refractivity contribution < 1.29 is 9.15 Å². The summed E-state index contributed by atoms with van der Waals surface area (Å²) in [5, 5.41) is 0.976. The second-order valence-electron chi connectivity index (χ2n) is 6.36. The van der Waals surface area contributed by atoms with Gasteiger partial charge in [0.2, 0.25) is 0 Å². The molecule has 118 valence electrons. The summed E-state index contributed by atoms with van der Waals surface area (Å²) in [6.45, 7) is 6.76. The minimum Gasteiger partial charge on any atom is -0.493 e. The van der Waals surface area contributed by atoms with Gasteiger partial charge in [-0.3, -0.25) is 0 Å². The Kier molecular flexibility index (Phi) is 4.21. The Hall–Kier alpha value is -1.81. The summed E-state index contributed by atoms with van der Waals surface area (Å²) in [5.41, 5.74) is 1.99. The first-order valence-corrected chi connectivity index (χ1v) is 7.90. The van der Waals surface area contributed by atoms with Crippen LogP contribution in [0.15, 0.2) is 27.4 Å². The van der Waals surface area contributed by atoms with Crippen LogP contribution in [0, 0.1) is 19.8 Å². The van der Waals surface area contributed by atoms with Crippen LogP contribution in [0.25, 0.3) is 11.0 Å². The number of hydrogen-bond acceptors (Lipinski definition) is 4. The van der Waals surface area contributed by atoms with E-state index in [4.69, 9.17) is 9.15 Å². The van der Waals surface area contributed by atoms with Gasteiger partial charge in [0, 0.05) is 17.0 Å². The molecule has 0 unspecified atom stereocenters. The largest absolute Gasteiger partial charge is 0.493 e. The first-order valence-electron chi connectivity index (χ1n) is 7.90. The molecule has 1 aromatic carbocycles. The average Bonchev–Trinajstić information content (AvgIpc) is 2.52. The van der Waals surface area contributed by atoms with Gasteiger partial charge in [0.15, 0.2) is 0 Å². The molecule has 1 aromatic heterocycles. The summed E-state index contributed by atoms with van der Waals surface area (Å²) in [5.74, 6) is 1.39. The van der Waals surface area contributed by atoms with Gasteiger partial charge in [0.05, 0.1) is 6.61 Å². The quantitative estimate of drug-likeness (QED) is 0.817. The Morgan fingerprint density at radius 2 is 1.95 bits per heavy atom. The number of aryl methyl sites for hydroxylation is 1. The Morgan fingerprint density at radius 3 is 2.68 bits per heavy atom. The summed E-state index contributed by atoms with van der Waals surface area (Å²) in [6, 6.07) is 5.77. The van der Waals surface area contributed by atoms with Crippen molar-refractivity contribution in [3.8, 4) is 5.75 Å². The number of nitrogens with zero attached hydrogens (tertiary/aromatic N) is 1. The lowest BCUT2D eigenvalue weighted by atomic mass is 9.98. The highest BCUT2D eigenvalue weighted by Crippen LogP contribution is 2.25. The zero-order chi connectivity index (χ0) is 15.7. The number of piperidine rings is 1. The fraction of sp³-hybridized carbons (Fsp3) is 0.500. The minimum atomic E-state index is -0.266. The summed E-state index contributed by atoms with van der Waals surface area (Å²) in [6.07, 6.45) is 2.36. The van der Waals surface area contributed by atoms with Gasteiger partial charge in [-0.15, -0.1) is 0 Å². The number of rotatable bonds is 3. The van der Waals surface area contributed by atoms with E-state index >= 15 is 0 Å². The van der Waals surface area contributed by atoms with Gasteiger partial charge < -0.3 is 14.1 Å². The van der Waals surface area contributed by atoms with Crippen LogP contribution in [0.3, 0.4) is 0 Å². The van der Waals surface area contributed by atoms with E-state index in [2.05, 4.69) is 11.9 Å². The van der Waals surface area contributed by atoms with E-state index in [1.807, 2.05) is 25.1 Å². The maximum Gasteiger partial charge on any atom is 0.339 e. The van der Waals surface area contributed by atoms with Crippen molar-refractivity contribution in [3.05, 3.63) is 39.7 Å². The Bertz CT molecular complexity index is 727. The van der Waals surface area contributed by atoms with Gasteiger partial charge in [-0.25, -0.2) is 4.79 Å². The topological polar surface area (TPSA) is 42.7 Å². The van der Waals surface area contributed by atoms with Crippen LogP contribution >= 0.6 is 0 Å². The van der Waals surface area contributed by atoms with E-state index in [9.17, 15) is 4.79 Å². The van der Waals surface area contributed by atoms with Crippen molar-refractivity contribution in [1.82, 2.24) is 4.90 Å². The molecule has 0 aliphatic carbocycles. The molecule has 2 aromatic rings. The van der Waals surface area contributed by atoms with Gasteiger partial charge in [-0.1, -0.05) is 0 Å². The standard InChI is InChI=1S/C18H23NO3/c1-12-13(2)18(20)22-17-10-15(4-5-16(12)17)21-11-14-6-8-19(3)9-7-14/h4-5,10,14H,6-9,11H2,1-3H3. The molecule has 1 saturated heterocycles. The van der Waals surface area contributed by atoms with E-state index in [1.54, 1.807) is 6.92 Å². The predicted octanol–water partition coefficient (Wildman–Crippen LogP) is 3.13. The third kappa shape index (κ3) is 3.02. The fourth-order valence-corrected chi connectivity index (χ4v) is 2.96. The van der Waals surface area contributed by atoms with Gasteiger partial charge in [0.1, 0.15) is 11.3 Å². The number of benzene rings is 1. The van der Waals surface area contributed by atoms with E-state index in [1.165, 1.54) is 12.8 Å². The average molecular weight is 301 g/mol. The maximum absolute atomic E-state index is 11.8. The predicted molar refractivity (Wildman–Crippen MR) is 87.7 cm³/mol. The molecule has 0 spiro atoms. The second-order valence-corrected chi connectivity index (χ2v) is 6.36. The van der Waals surface area contributed by atoms with Crippen LogP contribution in [0.2, 0.25) is 0 Å². The number of hydrogen-bond donors (Lipinski definition) is 0. The van der Waals surface area contributed by atoms with Crippen molar-refractivity contribution in [3.63, 3.8) is 0 Å². The van der Waals surface area contributed by atoms with E-state index in [0.29, 0.717) is 17.1 Å². The third-order valence-electron chi connectivity index (χ3n) is 4.75. The Balaban J connectivity index is 1.75. The van der Waals surface area contributed by atoms with E-state index in [0.717, 1.165) is 36.4 Å². The Morgan fingerprint density at radius 1 is 1.23 bits per heavy atom. The number of ether oxygens (including phenoxy) is 1. The minimum absolute atomic E-state index is 0.266. The summed E-state index contributed by atoms with van der Waals surface area (Å²) >= 11 is 0. The first kappa shape index (κ1) is 15.1. The summed E-state index contributed by atoms with van der Waals surface area (Å²) in [4.78, 5) is 14.1. The van der Waals surface area contributed by atoms with Gasteiger partial charge >= 0.3 is 5.63 Å². The van der Waals surface area contributed by atoms with Crippen LogP contribution < -0.4 is 10.4 Å². The monoisotopic (exact) mass is 301 g/mol. The second kappa shape index (κ2) is 6.13. The smallest absolute Gasteiger partial charge is 0.339 e. The molecule has 4 nitrogen and oxygen atoms in total. The molecule has 2 heterocycles. The lowest BCUT2D eigenvalue weighted by Gasteiger charge is -2.28. The molecule has 22 heavy (non-hydrogen) atoms. The van der Waals surface area contributed by atoms with Crippen molar-refractivity contribution >= 4 is 11.0 Å². The van der Waals surface area contributed by atoms with Crippen molar-refractivity contribution in [2.45, 2.75) is 26.7 Å². The van der Waals surface area contributed by atoms with Gasteiger partial charge in [0.25, 0.3) is 0 Å². The molecule has 0 N–H and O–H groups in total. The molecule has 0 radical (unpaired) electrons. The lowest BCUT2D eigenvalue weighted by Crippen LogP contribution is -2.32. The first-order chi connectivity index (χ1) is 10.5. The lowest BCUT2D eigenvalue weighted by molar-refractivity contribution is 0.160. The van der Waals surface area contributed by atoms with Crippen molar-refractivity contribution in [1.29, 1.82) is 0 Å². The zero-order valence-corrected chi connectivity index (χ0v) is 13.5. The van der Waals surface area contributed by atoms with Crippen molar-refractivity contribution in [2.75, 3.05) is 26.7 Å². The van der Waals surface area contributed by atoms with Crippen molar-refractivity contribution in [2.24, 2.45) is 5.92 Å². The summed E-state index contributed by atoms with van der Waals surface area (Å²) in [7, 11) is 2.16. The molecule has 0 saturated carbocycles. The maximum atomic E-state index is 11.8. The molecule has 1 fully saturated rings. The molecule has 0 atom stereocenters. The SMILES string of the molecule is Cc1c(C)c2ccc(OCC3CCN(C)CC3)cc2oc1=O. The Labute approximate surface area is 130 Å². The number of fused-ring (bicyclic) bond motifs is 1. The highest BCUT2D eigenvalue weighted by Gasteiger charge is 2.17. The molecule has 1 aliphatic heterocycles. The normalized spacial score (nSPS) is 17.0. The van der Waals surface area contributed by atoms with Crippen LogP contribution in [0.1, 0.15) is 24.0 Å². The van der Waals surface area contributed by atoms with Gasteiger partial charge in [-0.05, 0) is 70.4 Å². The highest BCUT2D eigenvalue weighted by molar-refractivity contribution is 5.82. The summed E-state index contributed by atoms with van der Waals surface area (Å²) < 4.78 is 11.3. The van der Waals surface area contributed by atoms with Crippen LogP contribution in [0.4, 0.5) is 0 Å². The molecule has 0 bridgehead atoms. The highest BCUT2D eigenvalue weighted by atomic mass is 16.5.